The molecule has 0 radical (unpaired) electrons. The van der Waals surface area contributed by atoms with Crippen molar-refractivity contribution in [3.63, 3.8) is 0 Å². The van der Waals surface area contributed by atoms with Gasteiger partial charge in [0, 0.05) is 24.5 Å². The number of phenols is 1. The Kier molecular flexibility index (Phi) is 6.27. The minimum Gasteiger partial charge on any atom is -0.508 e. The number of hydrogen-bond acceptors (Lipinski definition) is 2. The number of benzene rings is 2. The normalized spacial score (nSPS) is 12.5. The van der Waals surface area contributed by atoms with Crippen molar-refractivity contribution in [1.29, 1.82) is 0 Å². The van der Waals surface area contributed by atoms with Crippen molar-refractivity contribution in [3.05, 3.63) is 65.7 Å². The number of hydrogen-bond donors (Lipinski definition) is 1. The number of nitrogens with zero attached hydrogens (tertiary/aromatic N) is 1. The molecule has 0 aliphatic carbocycles. The largest absolute Gasteiger partial charge is 0.508 e. The average Bonchev–Trinajstić information content (AvgIpc) is 2.50. The fourth-order valence-electron chi connectivity index (χ4n) is 2.48. The second-order valence-corrected chi connectivity index (χ2v) is 6.16. The molecule has 112 valence electrons. The highest BCUT2D eigenvalue weighted by molar-refractivity contribution is 9.09. The Labute approximate surface area is 135 Å². The Hall–Kier alpha value is -1.32. The highest BCUT2D eigenvalue weighted by Crippen LogP contribution is 2.15. The fourth-order valence-corrected chi connectivity index (χ4v) is 2.94. The minimum absolute atomic E-state index is 0.327. The summed E-state index contributed by atoms with van der Waals surface area (Å²) in [5.41, 5.74) is 2.60. The maximum atomic E-state index is 9.36. The van der Waals surface area contributed by atoms with E-state index in [1.165, 1.54) is 11.1 Å². The molecule has 2 nitrogen and oxygen atoms in total. The third-order valence-electron chi connectivity index (χ3n) is 3.69. The Morgan fingerprint density at radius 3 is 2.29 bits per heavy atom. The predicted molar refractivity (Wildman–Crippen MR) is 91.9 cm³/mol. The summed E-state index contributed by atoms with van der Waals surface area (Å²) in [6.45, 7) is 4.25. The van der Waals surface area contributed by atoms with Gasteiger partial charge in [0.2, 0.25) is 0 Å². The molecule has 3 heteroatoms. The molecule has 0 heterocycles. The van der Waals surface area contributed by atoms with Crippen LogP contribution in [0.1, 0.15) is 18.1 Å². The first-order chi connectivity index (χ1) is 10.2. The van der Waals surface area contributed by atoms with Gasteiger partial charge in [0.25, 0.3) is 0 Å². The molecular weight excluding hydrogens is 326 g/mol. The van der Waals surface area contributed by atoms with Crippen LogP contribution in [0.4, 0.5) is 0 Å². The number of phenolic OH excluding ortho intramolecular Hbond substituents is 1. The lowest BCUT2D eigenvalue weighted by Crippen LogP contribution is -2.35. The van der Waals surface area contributed by atoms with Gasteiger partial charge in [0.1, 0.15) is 5.75 Å². The van der Waals surface area contributed by atoms with Crippen molar-refractivity contribution in [2.24, 2.45) is 0 Å². The fraction of sp³-hybridized carbons (Fsp3) is 0.333. The summed E-state index contributed by atoms with van der Waals surface area (Å²) in [6, 6.07) is 18.6. The highest BCUT2D eigenvalue weighted by atomic mass is 79.9. The zero-order chi connectivity index (χ0) is 15.1. The molecule has 0 saturated heterocycles. The molecule has 1 atom stereocenters. The van der Waals surface area contributed by atoms with Crippen molar-refractivity contribution in [1.82, 2.24) is 4.90 Å². The lowest BCUT2D eigenvalue weighted by atomic mass is 10.0. The minimum atomic E-state index is 0.327. The van der Waals surface area contributed by atoms with Crippen LogP contribution in [-0.4, -0.2) is 27.9 Å². The summed E-state index contributed by atoms with van der Waals surface area (Å²) >= 11 is 3.55. The first-order valence-electron chi connectivity index (χ1n) is 7.31. The molecule has 0 aliphatic rings. The van der Waals surface area contributed by atoms with Crippen LogP contribution >= 0.6 is 15.9 Å². The molecule has 0 saturated carbocycles. The van der Waals surface area contributed by atoms with Crippen LogP contribution in [0.2, 0.25) is 0 Å². The molecule has 1 N–H and O–H groups in total. The number of rotatable bonds is 7. The first kappa shape index (κ1) is 16.1. The van der Waals surface area contributed by atoms with Gasteiger partial charge < -0.3 is 5.11 Å². The second kappa shape index (κ2) is 8.20. The van der Waals surface area contributed by atoms with E-state index in [9.17, 15) is 5.11 Å². The molecule has 0 amide bonds. The molecule has 0 aromatic heterocycles. The van der Waals surface area contributed by atoms with Crippen molar-refractivity contribution >= 4 is 15.9 Å². The summed E-state index contributed by atoms with van der Waals surface area (Å²) < 4.78 is 0. The summed E-state index contributed by atoms with van der Waals surface area (Å²) in [5, 5.41) is 10.3. The van der Waals surface area contributed by atoms with Gasteiger partial charge in [-0.1, -0.05) is 58.4 Å². The van der Waals surface area contributed by atoms with Crippen LogP contribution in [0.5, 0.6) is 5.75 Å². The van der Waals surface area contributed by atoms with Crippen LogP contribution in [0.15, 0.2) is 54.6 Å². The van der Waals surface area contributed by atoms with Crippen molar-refractivity contribution < 1.29 is 5.11 Å². The van der Waals surface area contributed by atoms with Crippen LogP contribution < -0.4 is 0 Å². The molecule has 0 bridgehead atoms. The third kappa shape index (κ3) is 5.18. The Bertz CT molecular complexity index is 527. The average molecular weight is 348 g/mol. The van der Waals surface area contributed by atoms with E-state index in [-0.39, 0.29) is 0 Å². The van der Waals surface area contributed by atoms with Gasteiger partial charge in [-0.2, -0.15) is 0 Å². The zero-order valence-corrected chi connectivity index (χ0v) is 14.0. The molecule has 21 heavy (non-hydrogen) atoms. The van der Waals surface area contributed by atoms with E-state index >= 15 is 0 Å². The number of halogens is 1. The third-order valence-corrected chi connectivity index (χ3v) is 4.05. The second-order valence-electron chi connectivity index (χ2n) is 5.36. The lowest BCUT2D eigenvalue weighted by molar-refractivity contribution is 0.212. The molecular formula is C18H22BrNO. The van der Waals surface area contributed by atoms with E-state index in [0.29, 0.717) is 11.8 Å². The van der Waals surface area contributed by atoms with E-state index in [1.807, 2.05) is 12.1 Å². The van der Waals surface area contributed by atoms with E-state index in [0.717, 1.165) is 24.8 Å². The maximum Gasteiger partial charge on any atom is 0.115 e. The molecule has 0 fully saturated rings. The molecule has 0 aliphatic heterocycles. The lowest BCUT2D eigenvalue weighted by Gasteiger charge is -2.28. The van der Waals surface area contributed by atoms with Gasteiger partial charge in [0.05, 0.1) is 0 Å². The number of alkyl halides is 1. The first-order valence-corrected chi connectivity index (χ1v) is 8.43. The zero-order valence-electron chi connectivity index (χ0n) is 12.4. The maximum absolute atomic E-state index is 9.36. The van der Waals surface area contributed by atoms with Gasteiger partial charge >= 0.3 is 0 Å². The van der Waals surface area contributed by atoms with Crippen LogP contribution in [0.25, 0.3) is 0 Å². The van der Waals surface area contributed by atoms with Gasteiger partial charge in [-0.05, 0) is 36.6 Å². The summed E-state index contributed by atoms with van der Waals surface area (Å²) in [5.74, 6) is 0.327. The van der Waals surface area contributed by atoms with E-state index in [4.69, 9.17) is 0 Å². The molecule has 2 aromatic carbocycles. The van der Waals surface area contributed by atoms with Crippen molar-refractivity contribution in [2.45, 2.75) is 25.9 Å². The molecule has 0 spiro atoms. The van der Waals surface area contributed by atoms with Crippen LogP contribution in [0.3, 0.4) is 0 Å². The smallest absolute Gasteiger partial charge is 0.115 e. The summed E-state index contributed by atoms with van der Waals surface area (Å²) in [6.07, 6.45) is 0.986. The standard InChI is InChI=1S/C18H22BrNO/c1-15(13-16-7-9-18(21)10-8-16)20(12-11-19)14-17-5-3-2-4-6-17/h2-10,15,21H,11-14H2,1H3. The van der Waals surface area contributed by atoms with Crippen molar-refractivity contribution in [3.8, 4) is 5.75 Å². The molecule has 1 unspecified atom stereocenters. The quantitative estimate of drug-likeness (QED) is 0.758. The van der Waals surface area contributed by atoms with E-state index in [1.54, 1.807) is 12.1 Å². The van der Waals surface area contributed by atoms with E-state index < -0.39 is 0 Å². The Morgan fingerprint density at radius 2 is 1.67 bits per heavy atom. The summed E-state index contributed by atoms with van der Waals surface area (Å²) in [7, 11) is 0. The monoisotopic (exact) mass is 347 g/mol. The highest BCUT2D eigenvalue weighted by Gasteiger charge is 2.14. The van der Waals surface area contributed by atoms with E-state index in [2.05, 4.69) is 58.1 Å². The molecule has 2 rings (SSSR count). The summed E-state index contributed by atoms with van der Waals surface area (Å²) in [4.78, 5) is 2.48. The van der Waals surface area contributed by atoms with Crippen LogP contribution in [0, 0.1) is 0 Å². The number of aromatic hydroxyl groups is 1. The Balaban J connectivity index is 2.01. The van der Waals surface area contributed by atoms with Gasteiger partial charge in [-0.25, -0.2) is 0 Å². The Morgan fingerprint density at radius 1 is 1.00 bits per heavy atom. The SMILES string of the molecule is CC(Cc1ccc(O)cc1)N(CCBr)Cc1ccccc1. The van der Waals surface area contributed by atoms with Crippen LogP contribution in [-0.2, 0) is 13.0 Å². The van der Waals surface area contributed by atoms with Gasteiger partial charge in [-0.15, -0.1) is 0 Å². The van der Waals surface area contributed by atoms with Crippen molar-refractivity contribution in [2.75, 3.05) is 11.9 Å². The molecule has 2 aromatic rings. The van der Waals surface area contributed by atoms with Gasteiger partial charge in [-0.3, -0.25) is 4.90 Å². The van der Waals surface area contributed by atoms with Gasteiger partial charge in [0.15, 0.2) is 0 Å². The topological polar surface area (TPSA) is 23.5 Å². The predicted octanol–water partition coefficient (Wildman–Crippen LogP) is 4.22.